The Labute approximate surface area is 331 Å². The summed E-state index contributed by atoms with van der Waals surface area (Å²) in [5, 5.41) is 0. The number of carbonyl (C=O) groups is 2. The van der Waals surface area contributed by atoms with E-state index in [1.807, 2.05) is 21.1 Å². The second kappa shape index (κ2) is 36.6. The van der Waals surface area contributed by atoms with E-state index in [-0.39, 0.29) is 26.1 Å². The van der Waals surface area contributed by atoms with Gasteiger partial charge < -0.3 is 27.9 Å². The zero-order valence-electron chi connectivity index (χ0n) is 35.2. The predicted octanol–water partition coefficient (Wildman–Crippen LogP) is 11.3. The second-order valence-corrected chi connectivity index (χ2v) is 16.7. The Hall–Kier alpha value is -2.03. The van der Waals surface area contributed by atoms with Gasteiger partial charge in [-0.3, -0.25) is 14.2 Å². The van der Waals surface area contributed by atoms with Crippen molar-refractivity contribution >= 4 is 19.8 Å². The number of hydrogen-bond donors (Lipinski definition) is 0. The molecule has 0 fully saturated rings. The van der Waals surface area contributed by atoms with E-state index in [9.17, 15) is 19.0 Å². The number of hydrogen-bond acceptors (Lipinski definition) is 8. The first-order chi connectivity index (χ1) is 26.0. The van der Waals surface area contributed by atoms with E-state index in [1.165, 1.54) is 64.2 Å². The molecule has 9 nitrogen and oxygen atoms in total. The van der Waals surface area contributed by atoms with Gasteiger partial charge in [-0.15, -0.1) is 0 Å². The van der Waals surface area contributed by atoms with Crippen molar-refractivity contribution in [1.29, 1.82) is 0 Å². The van der Waals surface area contributed by atoms with Gasteiger partial charge in [0, 0.05) is 12.8 Å². The number of unbranched alkanes of at least 4 members (excludes halogenated alkanes) is 16. The topological polar surface area (TPSA) is 111 Å². The number of phosphoric ester groups is 1. The molecular weight excluding hydrogens is 701 g/mol. The largest absolute Gasteiger partial charge is 0.756 e. The van der Waals surface area contributed by atoms with Crippen LogP contribution in [0.15, 0.2) is 48.6 Å². The first-order valence-corrected chi connectivity index (χ1v) is 22.8. The molecule has 0 spiro atoms. The molecule has 0 bridgehead atoms. The van der Waals surface area contributed by atoms with Crippen LogP contribution in [-0.2, 0) is 32.7 Å². The number of ether oxygens (including phenoxy) is 2. The van der Waals surface area contributed by atoms with Crippen molar-refractivity contribution in [3.05, 3.63) is 48.6 Å². The summed E-state index contributed by atoms with van der Waals surface area (Å²) in [6, 6.07) is 0. The highest BCUT2D eigenvalue weighted by Gasteiger charge is 2.21. The van der Waals surface area contributed by atoms with Crippen LogP contribution < -0.4 is 4.89 Å². The minimum absolute atomic E-state index is 0.0366. The van der Waals surface area contributed by atoms with E-state index in [0.717, 1.165) is 70.6 Å². The van der Waals surface area contributed by atoms with Gasteiger partial charge in [0.1, 0.15) is 19.8 Å². The smallest absolute Gasteiger partial charge is 0.306 e. The van der Waals surface area contributed by atoms with Crippen molar-refractivity contribution < 1.29 is 42.1 Å². The lowest BCUT2D eigenvalue weighted by atomic mass is 10.0. The molecule has 0 aliphatic rings. The first kappa shape index (κ1) is 52.0. The van der Waals surface area contributed by atoms with Crippen LogP contribution in [0.5, 0.6) is 0 Å². The zero-order chi connectivity index (χ0) is 40.0. The Morgan fingerprint density at radius 3 is 1.57 bits per heavy atom. The highest BCUT2D eigenvalue weighted by Crippen LogP contribution is 2.38. The van der Waals surface area contributed by atoms with Gasteiger partial charge in [0.2, 0.25) is 0 Å². The summed E-state index contributed by atoms with van der Waals surface area (Å²) in [6.45, 7) is 4.07. The summed E-state index contributed by atoms with van der Waals surface area (Å²) in [6.07, 6.45) is 41.3. The molecule has 0 aromatic heterocycles. The number of likely N-dealkylation sites (N-methyl/N-ethyl adjacent to an activating group) is 1. The fraction of sp³-hybridized carbons (Fsp3) is 0.773. The summed E-state index contributed by atoms with van der Waals surface area (Å²) in [4.78, 5) is 37.5. The Bertz CT molecular complexity index is 1070. The third kappa shape index (κ3) is 39.7. The molecule has 0 N–H and O–H groups in total. The van der Waals surface area contributed by atoms with E-state index in [2.05, 4.69) is 62.5 Å². The highest BCUT2D eigenvalue weighted by atomic mass is 31.2. The Morgan fingerprint density at radius 2 is 1.06 bits per heavy atom. The van der Waals surface area contributed by atoms with Crippen LogP contribution in [0.25, 0.3) is 0 Å². The number of rotatable bonds is 38. The van der Waals surface area contributed by atoms with E-state index < -0.39 is 32.5 Å². The van der Waals surface area contributed by atoms with E-state index in [1.54, 1.807) is 0 Å². The third-order valence-electron chi connectivity index (χ3n) is 8.86. The molecule has 0 radical (unpaired) electrons. The van der Waals surface area contributed by atoms with Gasteiger partial charge >= 0.3 is 11.9 Å². The van der Waals surface area contributed by atoms with Crippen LogP contribution in [0.1, 0.15) is 168 Å². The van der Waals surface area contributed by atoms with Gasteiger partial charge in [-0.25, -0.2) is 0 Å². The zero-order valence-corrected chi connectivity index (χ0v) is 36.0. The van der Waals surface area contributed by atoms with Crippen molar-refractivity contribution in [3.63, 3.8) is 0 Å². The van der Waals surface area contributed by atoms with Gasteiger partial charge in [0.05, 0.1) is 27.7 Å². The summed E-state index contributed by atoms with van der Waals surface area (Å²) in [7, 11) is 1.14. The van der Waals surface area contributed by atoms with Crippen LogP contribution in [-0.4, -0.2) is 70.0 Å². The van der Waals surface area contributed by atoms with Gasteiger partial charge in [-0.2, -0.15) is 0 Å². The Balaban J connectivity index is 4.43. The van der Waals surface area contributed by atoms with Gasteiger partial charge in [-0.1, -0.05) is 152 Å². The third-order valence-corrected chi connectivity index (χ3v) is 9.83. The maximum atomic E-state index is 12.7. The predicted molar refractivity (Wildman–Crippen MR) is 222 cm³/mol. The Kier molecular flexibility index (Phi) is 35.2. The first-order valence-electron chi connectivity index (χ1n) is 21.3. The number of carbonyl (C=O) groups excluding carboxylic acids is 2. The molecule has 2 unspecified atom stereocenters. The average molecular weight is 782 g/mol. The number of nitrogens with zero attached hydrogens (tertiary/aromatic N) is 1. The molecule has 0 saturated carbocycles. The second-order valence-electron chi connectivity index (χ2n) is 15.3. The lowest BCUT2D eigenvalue weighted by Gasteiger charge is -2.28. The maximum absolute atomic E-state index is 12.7. The lowest BCUT2D eigenvalue weighted by Crippen LogP contribution is -2.37. The molecule has 0 amide bonds. The number of quaternary nitrogens is 1. The molecule has 2 atom stereocenters. The summed E-state index contributed by atoms with van der Waals surface area (Å²) in [5.41, 5.74) is 0. The normalized spacial score (nSPS) is 14.1. The molecule has 0 saturated heterocycles. The van der Waals surface area contributed by atoms with Crippen molar-refractivity contribution in [2.75, 3.05) is 47.5 Å². The summed E-state index contributed by atoms with van der Waals surface area (Å²) < 4.78 is 33.8. The molecule has 0 rings (SSSR count). The molecule has 0 aliphatic heterocycles. The number of esters is 2. The SMILES string of the molecule is CC/C=C\C/C=C\C/C=C\C/C=C\CCCCCCC(=O)OC(COC(=O)CCCCCCCCCCCCCCC)COP(=O)([O-])OCC[N+](C)(C)C. The van der Waals surface area contributed by atoms with Crippen molar-refractivity contribution in [2.45, 2.75) is 174 Å². The molecular formula is C44H80NO8P. The fourth-order valence-corrected chi connectivity index (χ4v) is 6.26. The van der Waals surface area contributed by atoms with Gasteiger partial charge in [-0.05, 0) is 51.4 Å². The minimum Gasteiger partial charge on any atom is -0.756 e. The molecule has 54 heavy (non-hydrogen) atoms. The van der Waals surface area contributed by atoms with E-state index >= 15 is 0 Å². The van der Waals surface area contributed by atoms with Crippen molar-refractivity contribution in [2.24, 2.45) is 0 Å². The molecule has 0 aliphatic carbocycles. The molecule has 0 heterocycles. The summed E-state index contributed by atoms with van der Waals surface area (Å²) in [5.74, 6) is -0.862. The molecule has 0 aromatic carbocycles. The molecule has 10 heteroatoms. The highest BCUT2D eigenvalue weighted by molar-refractivity contribution is 7.45. The van der Waals surface area contributed by atoms with Crippen LogP contribution in [0.4, 0.5) is 0 Å². The number of phosphoric acid groups is 1. The van der Waals surface area contributed by atoms with Crippen LogP contribution >= 0.6 is 7.82 Å². The Morgan fingerprint density at radius 1 is 0.593 bits per heavy atom. The number of allylic oxidation sites excluding steroid dienone is 8. The standard InChI is InChI=1S/C44H80NO8P/c1-6-8-10-12-14-16-18-20-21-22-23-25-27-29-31-33-35-37-44(47)53-42(41-52-54(48,49)51-39-38-45(3,4)5)40-50-43(46)36-34-32-30-28-26-24-19-17-15-13-11-9-7-2/h8,10,14,16,20-21,23,25,42H,6-7,9,11-13,15,17-19,22,24,26-41H2,1-5H3/b10-8-,16-14-,21-20-,25-23-. The summed E-state index contributed by atoms with van der Waals surface area (Å²) >= 11 is 0. The van der Waals surface area contributed by atoms with Gasteiger partial charge in [0.15, 0.2) is 6.10 Å². The van der Waals surface area contributed by atoms with E-state index in [4.69, 9.17) is 18.5 Å². The molecule has 0 aromatic rings. The van der Waals surface area contributed by atoms with Gasteiger partial charge in [0.25, 0.3) is 7.82 Å². The van der Waals surface area contributed by atoms with Crippen LogP contribution in [0.2, 0.25) is 0 Å². The maximum Gasteiger partial charge on any atom is 0.306 e. The van der Waals surface area contributed by atoms with Crippen molar-refractivity contribution in [3.8, 4) is 0 Å². The van der Waals surface area contributed by atoms with Crippen molar-refractivity contribution in [1.82, 2.24) is 0 Å². The lowest BCUT2D eigenvalue weighted by molar-refractivity contribution is -0.870. The monoisotopic (exact) mass is 782 g/mol. The average Bonchev–Trinajstić information content (AvgIpc) is 3.12. The van der Waals surface area contributed by atoms with Crippen LogP contribution in [0, 0.1) is 0 Å². The molecule has 314 valence electrons. The van der Waals surface area contributed by atoms with Crippen LogP contribution in [0.3, 0.4) is 0 Å². The minimum atomic E-state index is -4.63. The van der Waals surface area contributed by atoms with E-state index in [0.29, 0.717) is 17.4 Å². The fourth-order valence-electron chi connectivity index (χ4n) is 5.53. The quantitative estimate of drug-likeness (QED) is 0.0200.